The molecule has 0 aromatic carbocycles. The molecule has 22 nitrogen and oxygen atoms in total. The molecule has 434 valence electrons. The molecule has 10 N–H and O–H groups in total. The van der Waals surface area contributed by atoms with Crippen LogP contribution in [0.25, 0.3) is 0 Å². The van der Waals surface area contributed by atoms with Crippen LogP contribution in [-0.4, -0.2) is 218 Å². The summed E-state index contributed by atoms with van der Waals surface area (Å²) >= 11 is 0. The number of esters is 1. The normalized spacial score (nSPS) is 55.6. The van der Waals surface area contributed by atoms with Crippen molar-refractivity contribution in [2.45, 2.75) is 248 Å². The van der Waals surface area contributed by atoms with Crippen LogP contribution in [0.4, 0.5) is 0 Å². The summed E-state index contributed by atoms with van der Waals surface area (Å²) < 4.78 is 69.0. The van der Waals surface area contributed by atoms with Crippen molar-refractivity contribution in [2.75, 3.05) is 26.4 Å². The van der Waals surface area contributed by atoms with Crippen molar-refractivity contribution in [3.63, 3.8) is 0 Å². The Hall–Kier alpha value is -1.59. The number of carbonyl (C=O) groups is 1. The van der Waals surface area contributed by atoms with Gasteiger partial charge >= 0.3 is 5.97 Å². The number of aliphatic hydroxyl groups excluding tert-OH is 9. The maximum absolute atomic E-state index is 12.3. The van der Waals surface area contributed by atoms with Crippen molar-refractivity contribution >= 4 is 5.97 Å². The third-order valence-corrected chi connectivity index (χ3v) is 20.7. The summed E-state index contributed by atoms with van der Waals surface area (Å²) in [7, 11) is 0. The summed E-state index contributed by atoms with van der Waals surface area (Å²) in [6.07, 6.45) is -21.4. The zero-order valence-corrected chi connectivity index (χ0v) is 45.3. The largest absolute Gasteiger partial charge is 0.463 e. The van der Waals surface area contributed by atoms with Crippen molar-refractivity contribution in [1.82, 2.24) is 0 Å². The second-order valence-electron chi connectivity index (χ2n) is 25.9. The SMILES string of the molecule is CC(=O)OC[C@H]1O[C@@H](O[C@@H]2[C@@H](O[C@@H]3O[C@@H](C)[C@H](O)[C@@H](O)[C@H]3O)[C@H](O[C@@H]3CC[C@]4(C)[C@H](CC[C@]5(C)[C@@H]4CC[C@H]4[C@@H]6[C@]7(C[C@]45CO7)O[C@@H](C=C(C)C)C[C@]6(C)O)C3(C)C)OC[C@@H]2O)[C@H](O[C@@H]2OC[C@@H](O)[C@H](O)[C@H]2O)[C@@H](O)[C@@H]1O. The molecule has 0 aromatic rings. The highest BCUT2D eigenvalue weighted by molar-refractivity contribution is 5.65. The molecular weight excluding hydrogens is 1000 g/mol. The molecule has 10 fully saturated rings. The van der Waals surface area contributed by atoms with Gasteiger partial charge in [0.15, 0.2) is 30.9 Å². The van der Waals surface area contributed by atoms with Crippen molar-refractivity contribution in [3.05, 3.63) is 11.6 Å². The van der Waals surface area contributed by atoms with Crippen LogP contribution in [0, 0.1) is 45.3 Å². The highest BCUT2D eigenvalue weighted by Gasteiger charge is 2.81. The fraction of sp³-hybridized carbons (Fsp3) is 0.944. The summed E-state index contributed by atoms with van der Waals surface area (Å²) in [4.78, 5) is 11.9. The van der Waals surface area contributed by atoms with Gasteiger partial charge in [-0.2, -0.15) is 0 Å². The minimum absolute atomic E-state index is 0.120. The molecule has 10 rings (SSSR count). The number of allylic oxidation sites excluding steroid dienone is 1. The van der Waals surface area contributed by atoms with Gasteiger partial charge in [0.2, 0.25) is 0 Å². The first-order chi connectivity index (χ1) is 35.6. The van der Waals surface area contributed by atoms with Crippen LogP contribution in [0.3, 0.4) is 0 Å². The summed E-state index contributed by atoms with van der Waals surface area (Å²) in [6.45, 7) is 17.2. The van der Waals surface area contributed by atoms with Gasteiger partial charge in [0.05, 0.1) is 43.7 Å². The van der Waals surface area contributed by atoms with E-state index in [-0.39, 0.29) is 40.1 Å². The fourth-order valence-corrected chi connectivity index (χ4v) is 17.1. The maximum atomic E-state index is 12.3. The van der Waals surface area contributed by atoms with Gasteiger partial charge in [0, 0.05) is 31.1 Å². The zero-order chi connectivity index (χ0) is 55.0. The van der Waals surface area contributed by atoms with Gasteiger partial charge < -0.3 is 103 Å². The Bertz CT molecular complexity index is 2130. The van der Waals surface area contributed by atoms with E-state index in [1.54, 1.807) is 0 Å². The van der Waals surface area contributed by atoms with Crippen molar-refractivity contribution in [3.8, 4) is 0 Å². The molecule has 0 amide bonds. The van der Waals surface area contributed by atoms with E-state index < -0.39 is 159 Å². The smallest absolute Gasteiger partial charge is 0.302 e. The molecule has 2 spiro atoms. The Morgan fingerprint density at radius 3 is 2.04 bits per heavy atom. The molecular formula is C54H86O22. The van der Waals surface area contributed by atoms with Crippen molar-refractivity contribution < 1.29 is 108 Å². The van der Waals surface area contributed by atoms with Crippen LogP contribution in [0.2, 0.25) is 0 Å². The van der Waals surface area contributed by atoms with Crippen LogP contribution in [0.1, 0.15) is 114 Å². The molecule has 76 heavy (non-hydrogen) atoms. The molecule has 0 radical (unpaired) electrons. The quantitative estimate of drug-likeness (QED) is 0.0741. The minimum Gasteiger partial charge on any atom is -0.463 e. The molecule has 4 aliphatic carbocycles. The Labute approximate surface area is 444 Å². The predicted molar refractivity (Wildman–Crippen MR) is 260 cm³/mol. The van der Waals surface area contributed by atoms with Crippen LogP contribution in [0.15, 0.2) is 11.6 Å². The van der Waals surface area contributed by atoms with E-state index in [1.807, 2.05) is 6.92 Å². The minimum atomic E-state index is -1.91. The van der Waals surface area contributed by atoms with Crippen LogP contribution >= 0.6 is 0 Å². The number of carbonyl (C=O) groups excluding carboxylic acids is 1. The third kappa shape index (κ3) is 9.38. The summed E-state index contributed by atoms with van der Waals surface area (Å²) in [5, 5.41) is 111. The monoisotopic (exact) mass is 1090 g/mol. The third-order valence-electron chi connectivity index (χ3n) is 20.7. The first-order valence-electron chi connectivity index (χ1n) is 27.7. The topological polar surface area (TPSA) is 321 Å². The number of hydrogen-bond donors (Lipinski definition) is 10. The lowest BCUT2D eigenvalue weighted by molar-refractivity contribution is -0.399. The molecule has 6 heterocycles. The Kier molecular flexibility index (Phi) is 15.7. The first kappa shape index (κ1) is 57.6. The summed E-state index contributed by atoms with van der Waals surface area (Å²) in [5.41, 5.74) is -0.785. The van der Waals surface area contributed by atoms with Crippen LogP contribution in [0.5, 0.6) is 0 Å². The van der Waals surface area contributed by atoms with E-state index in [0.29, 0.717) is 25.4 Å². The van der Waals surface area contributed by atoms with Gasteiger partial charge in [0.25, 0.3) is 0 Å². The fourth-order valence-electron chi connectivity index (χ4n) is 17.1. The van der Waals surface area contributed by atoms with E-state index in [9.17, 15) is 55.9 Å². The molecule has 29 atom stereocenters. The number of ether oxygens (including phenoxy) is 11. The lowest BCUT2D eigenvalue weighted by atomic mass is 9.35. The second kappa shape index (κ2) is 20.7. The maximum Gasteiger partial charge on any atom is 0.302 e. The van der Waals surface area contributed by atoms with Gasteiger partial charge in [-0.3, -0.25) is 4.79 Å². The molecule has 4 saturated carbocycles. The van der Waals surface area contributed by atoms with E-state index in [4.69, 9.17) is 52.1 Å². The molecule has 0 aromatic heterocycles. The van der Waals surface area contributed by atoms with Gasteiger partial charge in [-0.05, 0) is 100 Å². The van der Waals surface area contributed by atoms with Gasteiger partial charge in [-0.15, -0.1) is 0 Å². The molecule has 6 saturated heterocycles. The van der Waals surface area contributed by atoms with E-state index in [0.717, 1.165) is 51.0 Å². The van der Waals surface area contributed by atoms with Gasteiger partial charge in [-0.25, -0.2) is 0 Å². The second-order valence-corrected chi connectivity index (χ2v) is 25.9. The summed E-state index contributed by atoms with van der Waals surface area (Å²) in [5.74, 6) is -1.01. The lowest BCUT2D eigenvalue weighted by Crippen LogP contribution is -2.68. The average Bonchev–Trinajstić information content (AvgIpc) is 4.02. The Morgan fingerprint density at radius 1 is 0.658 bits per heavy atom. The highest BCUT2D eigenvalue weighted by atomic mass is 16.8. The van der Waals surface area contributed by atoms with Crippen molar-refractivity contribution in [1.29, 1.82) is 0 Å². The molecule has 0 unspecified atom stereocenters. The highest BCUT2D eigenvalue weighted by Crippen LogP contribution is 2.80. The zero-order valence-electron chi connectivity index (χ0n) is 45.3. The molecule has 2 bridgehead atoms. The van der Waals surface area contributed by atoms with E-state index in [1.165, 1.54) is 6.92 Å². The van der Waals surface area contributed by atoms with Crippen molar-refractivity contribution in [2.24, 2.45) is 45.3 Å². The number of aliphatic hydroxyl groups is 10. The average molecular weight is 1090 g/mol. The first-order valence-corrected chi connectivity index (χ1v) is 27.7. The molecule has 10 aliphatic rings. The van der Waals surface area contributed by atoms with Gasteiger partial charge in [-0.1, -0.05) is 39.3 Å². The summed E-state index contributed by atoms with van der Waals surface area (Å²) in [6, 6.07) is 0. The van der Waals surface area contributed by atoms with Crippen LogP contribution in [-0.2, 0) is 56.9 Å². The standard InChI is InChI=1S/C54H86O22/c1-23(2)16-26-17-52(9,65)44-27-10-11-32-50(7)14-13-33(49(5,6)31(50)12-15-51(32,8)53(27)21-54(44,76-26)69-22-53)72-47-43(75-46-40(64)37(61)34(58)24(3)70-46)41(29(57)19-68-47)73-48-42(74-45-39(63)35(59)28(56)18-67-45)38(62)36(60)30(71-48)20-66-25(4)55/h16,24,26-48,56-65H,10-15,17-22H2,1-9H3/t24-,26-,27-,28+,29-,30+,31+,32+,33+,34-,35-,36+,37+,38-,39+,40+,41-,42+,43+,44-,45-,46-,47-,48-,50+,51+,52-,53-,54-/m0/s1. The van der Waals surface area contributed by atoms with E-state index in [2.05, 4.69) is 47.6 Å². The lowest BCUT2D eigenvalue weighted by Gasteiger charge is -2.70. The Balaban J connectivity index is 0.927. The molecule has 6 aliphatic heterocycles. The predicted octanol–water partition coefficient (Wildman–Crippen LogP) is 0.0284. The number of fused-ring (bicyclic) bond motifs is 4. The van der Waals surface area contributed by atoms with E-state index >= 15 is 0 Å². The number of hydrogen-bond acceptors (Lipinski definition) is 22. The number of rotatable bonds is 11. The van der Waals surface area contributed by atoms with Gasteiger partial charge in [0.1, 0.15) is 86.0 Å². The van der Waals surface area contributed by atoms with Crippen LogP contribution < -0.4 is 0 Å². The molecule has 22 heteroatoms. The Morgan fingerprint density at radius 2 is 1.33 bits per heavy atom.